The Morgan fingerprint density at radius 1 is 1.11 bits per heavy atom. The van der Waals surface area contributed by atoms with Crippen molar-refractivity contribution >= 4 is 22.8 Å². The minimum Gasteiger partial charge on any atom is -0.317 e. The highest BCUT2D eigenvalue weighted by molar-refractivity contribution is 7.99. The summed E-state index contributed by atoms with van der Waals surface area (Å²) in [7, 11) is 2.05. The van der Waals surface area contributed by atoms with Gasteiger partial charge in [-0.05, 0) is 57.9 Å². The van der Waals surface area contributed by atoms with Gasteiger partial charge in [-0.15, -0.1) is 0 Å². The fourth-order valence-electron chi connectivity index (χ4n) is 5.20. The molecule has 8 nitrogen and oxygen atoms in total. The average Bonchev–Trinajstić information content (AvgIpc) is 3.62. The molecule has 0 radical (unpaired) electrons. The maximum absolute atomic E-state index is 9.72. The van der Waals surface area contributed by atoms with Crippen LogP contribution in [0.3, 0.4) is 0 Å². The van der Waals surface area contributed by atoms with E-state index in [-0.39, 0.29) is 0 Å². The summed E-state index contributed by atoms with van der Waals surface area (Å²) in [5.41, 5.74) is 5.71. The van der Waals surface area contributed by atoms with Gasteiger partial charge in [0.05, 0.1) is 47.6 Å². The van der Waals surface area contributed by atoms with Crippen LogP contribution in [-0.4, -0.2) is 41.9 Å². The smallest absolute Gasteiger partial charge is 0.103 e. The number of hydrogen-bond acceptors (Lipinski definition) is 6. The topological polar surface area (TPSA) is 88.2 Å². The monoisotopic (exact) mass is 482 g/mol. The molecule has 5 aromatic heterocycles. The second-order valence-electron chi connectivity index (χ2n) is 9.10. The zero-order valence-corrected chi connectivity index (χ0v) is 20.5. The van der Waals surface area contributed by atoms with E-state index in [0.29, 0.717) is 17.6 Å². The molecule has 0 aliphatic heterocycles. The molecule has 35 heavy (non-hydrogen) atoms. The van der Waals surface area contributed by atoms with Gasteiger partial charge < -0.3 is 9.72 Å². The zero-order chi connectivity index (χ0) is 23.9. The lowest BCUT2D eigenvalue weighted by atomic mass is 9.91. The van der Waals surface area contributed by atoms with Crippen molar-refractivity contribution in [3.05, 3.63) is 66.8 Å². The van der Waals surface area contributed by atoms with Crippen LogP contribution in [0.5, 0.6) is 0 Å². The third kappa shape index (κ3) is 3.79. The predicted molar refractivity (Wildman–Crippen MR) is 136 cm³/mol. The van der Waals surface area contributed by atoms with Crippen LogP contribution in [-0.2, 0) is 0 Å². The molecule has 9 heteroatoms. The largest absolute Gasteiger partial charge is 0.317 e. The fraction of sp³-hybridized carbons (Fsp3) is 0.308. The lowest BCUT2D eigenvalue weighted by Crippen LogP contribution is -2.31. The second-order valence-corrected chi connectivity index (χ2v) is 10.2. The molecule has 1 N–H and O–H groups in total. The van der Waals surface area contributed by atoms with Crippen LogP contribution < -0.4 is 5.32 Å². The highest BCUT2D eigenvalue weighted by Gasteiger charge is 2.24. The SMILES string of the molecule is CNC1CCC(n2ncc(-c3cc(Sc4cccn5cncc45)c4c(C#N)cnn4c3)c2C)CC1. The van der Waals surface area contributed by atoms with E-state index in [1.165, 1.54) is 18.5 Å². The number of imidazole rings is 1. The Morgan fingerprint density at radius 2 is 1.97 bits per heavy atom. The van der Waals surface area contributed by atoms with Gasteiger partial charge >= 0.3 is 0 Å². The second kappa shape index (κ2) is 8.87. The van der Waals surface area contributed by atoms with Crippen LogP contribution in [0.15, 0.2) is 65.3 Å². The predicted octanol–water partition coefficient (Wildman–Crippen LogP) is 4.88. The molecule has 1 aliphatic carbocycles. The minimum absolute atomic E-state index is 0.431. The molecule has 0 saturated heterocycles. The molecular formula is C26H26N8S. The minimum atomic E-state index is 0.431. The van der Waals surface area contributed by atoms with Gasteiger partial charge in [-0.3, -0.25) is 4.68 Å². The van der Waals surface area contributed by atoms with Gasteiger partial charge in [0.1, 0.15) is 6.07 Å². The zero-order valence-electron chi connectivity index (χ0n) is 19.7. The Bertz CT molecular complexity index is 1560. The normalized spacial score (nSPS) is 18.3. The third-order valence-electron chi connectivity index (χ3n) is 7.14. The molecule has 5 aromatic rings. The van der Waals surface area contributed by atoms with Gasteiger partial charge in [0.2, 0.25) is 0 Å². The molecule has 0 unspecified atom stereocenters. The summed E-state index contributed by atoms with van der Waals surface area (Å²) in [4.78, 5) is 6.34. The molecule has 5 heterocycles. The quantitative estimate of drug-likeness (QED) is 0.384. The van der Waals surface area contributed by atoms with Gasteiger partial charge in [0, 0.05) is 45.0 Å². The highest BCUT2D eigenvalue weighted by Crippen LogP contribution is 2.39. The maximum Gasteiger partial charge on any atom is 0.103 e. The molecule has 1 aliphatic rings. The van der Waals surface area contributed by atoms with Crippen molar-refractivity contribution in [1.82, 2.24) is 34.1 Å². The third-order valence-corrected chi connectivity index (χ3v) is 8.23. The summed E-state index contributed by atoms with van der Waals surface area (Å²) in [6.07, 6.45) is 15.9. The van der Waals surface area contributed by atoms with Crippen molar-refractivity contribution in [2.24, 2.45) is 0 Å². The number of rotatable bonds is 5. The lowest BCUT2D eigenvalue weighted by molar-refractivity contribution is 0.281. The summed E-state index contributed by atoms with van der Waals surface area (Å²) in [6, 6.07) is 9.59. The first-order valence-corrected chi connectivity index (χ1v) is 12.7. The molecule has 6 rings (SSSR count). The molecule has 1 saturated carbocycles. The fourth-order valence-corrected chi connectivity index (χ4v) is 6.34. The lowest BCUT2D eigenvalue weighted by Gasteiger charge is -2.29. The summed E-state index contributed by atoms with van der Waals surface area (Å²) >= 11 is 1.63. The maximum atomic E-state index is 9.72. The van der Waals surface area contributed by atoms with Gasteiger partial charge in [0.25, 0.3) is 0 Å². The van der Waals surface area contributed by atoms with Crippen LogP contribution in [0.4, 0.5) is 0 Å². The standard InChI is InChI=1S/C26H26N8S/c1-17-22(13-31-34(17)21-7-5-20(28-2)6-8-21)18-10-25(26-19(11-27)12-30-33(26)15-18)35-24-4-3-9-32-16-29-14-23(24)32/h3-4,9-10,12-16,20-21,28H,5-8H2,1-2H3. The highest BCUT2D eigenvalue weighted by atomic mass is 32.2. The molecule has 0 bridgehead atoms. The summed E-state index contributed by atoms with van der Waals surface area (Å²) in [6.45, 7) is 2.15. The van der Waals surface area contributed by atoms with Crippen molar-refractivity contribution in [3.63, 3.8) is 0 Å². The Balaban J connectivity index is 1.42. The van der Waals surface area contributed by atoms with Crippen LogP contribution in [0.2, 0.25) is 0 Å². The molecule has 176 valence electrons. The van der Waals surface area contributed by atoms with Crippen molar-refractivity contribution in [3.8, 4) is 17.2 Å². The average molecular weight is 483 g/mol. The van der Waals surface area contributed by atoms with Gasteiger partial charge in [-0.1, -0.05) is 11.8 Å². The van der Waals surface area contributed by atoms with Crippen LogP contribution in [0, 0.1) is 18.3 Å². The number of nitrogens with zero attached hydrogens (tertiary/aromatic N) is 7. The number of hydrogen-bond donors (Lipinski definition) is 1. The molecule has 0 spiro atoms. The van der Waals surface area contributed by atoms with E-state index < -0.39 is 0 Å². The number of fused-ring (bicyclic) bond motifs is 2. The van der Waals surface area contributed by atoms with E-state index in [0.717, 1.165) is 44.8 Å². The van der Waals surface area contributed by atoms with E-state index >= 15 is 0 Å². The number of pyridine rings is 2. The number of nitriles is 1. The van der Waals surface area contributed by atoms with Crippen LogP contribution in [0.25, 0.3) is 22.2 Å². The van der Waals surface area contributed by atoms with E-state index in [4.69, 9.17) is 5.10 Å². The van der Waals surface area contributed by atoms with Crippen LogP contribution in [0.1, 0.15) is 43.0 Å². The summed E-state index contributed by atoms with van der Waals surface area (Å²) in [5.74, 6) is 0. The first kappa shape index (κ1) is 21.9. The Hall–Kier alpha value is -3.61. The van der Waals surface area contributed by atoms with Crippen LogP contribution >= 0.6 is 11.8 Å². The van der Waals surface area contributed by atoms with E-state index in [1.54, 1.807) is 24.3 Å². The Labute approximate surface area is 207 Å². The van der Waals surface area contributed by atoms with Gasteiger partial charge in [0.15, 0.2) is 0 Å². The Morgan fingerprint density at radius 3 is 2.77 bits per heavy atom. The first-order valence-electron chi connectivity index (χ1n) is 11.9. The first-order chi connectivity index (χ1) is 17.2. The molecular weight excluding hydrogens is 456 g/mol. The van der Waals surface area contributed by atoms with E-state index in [2.05, 4.69) is 52.3 Å². The van der Waals surface area contributed by atoms with Crippen molar-refractivity contribution in [2.45, 2.75) is 54.5 Å². The number of nitrogens with one attached hydrogen (secondary N) is 1. The van der Waals surface area contributed by atoms with Crippen molar-refractivity contribution < 1.29 is 0 Å². The van der Waals surface area contributed by atoms with E-state index in [9.17, 15) is 5.26 Å². The van der Waals surface area contributed by atoms with Gasteiger partial charge in [-0.2, -0.15) is 15.5 Å². The molecule has 0 amide bonds. The molecule has 1 fully saturated rings. The summed E-state index contributed by atoms with van der Waals surface area (Å²) < 4.78 is 6.03. The van der Waals surface area contributed by atoms with Crippen molar-refractivity contribution in [2.75, 3.05) is 7.05 Å². The Kier molecular flexibility index (Phi) is 5.55. The van der Waals surface area contributed by atoms with Crippen molar-refractivity contribution in [1.29, 1.82) is 5.26 Å². The van der Waals surface area contributed by atoms with Gasteiger partial charge in [-0.25, -0.2) is 9.50 Å². The number of aromatic nitrogens is 6. The molecule has 0 atom stereocenters. The molecule has 0 aromatic carbocycles. The summed E-state index contributed by atoms with van der Waals surface area (Å²) in [5, 5.41) is 22.4. The van der Waals surface area contributed by atoms with E-state index in [1.807, 2.05) is 39.8 Å².